The van der Waals surface area contributed by atoms with E-state index in [0.29, 0.717) is 19.4 Å². The summed E-state index contributed by atoms with van der Waals surface area (Å²) in [5.41, 5.74) is 5.61. The standard InChI is InChI=1S/C11H20N2O2/c1-8-6-10(14)13(11(15)7-8)5-3-4-9(2)12/h8-9H,3-7,12H2,1-2H3. The Bertz CT molecular complexity index is 233. The number of likely N-dealkylation sites (tertiary alicyclic amines) is 1. The Morgan fingerprint density at radius 3 is 2.40 bits per heavy atom. The van der Waals surface area contributed by atoms with Crippen LogP contribution in [0.5, 0.6) is 0 Å². The highest BCUT2D eigenvalue weighted by Gasteiger charge is 2.29. The fourth-order valence-electron chi connectivity index (χ4n) is 1.85. The molecule has 1 unspecified atom stereocenters. The summed E-state index contributed by atoms with van der Waals surface area (Å²) >= 11 is 0. The Hall–Kier alpha value is -0.900. The van der Waals surface area contributed by atoms with Crippen molar-refractivity contribution in [2.24, 2.45) is 11.7 Å². The van der Waals surface area contributed by atoms with E-state index in [4.69, 9.17) is 5.73 Å². The van der Waals surface area contributed by atoms with Crippen molar-refractivity contribution in [3.63, 3.8) is 0 Å². The zero-order valence-electron chi connectivity index (χ0n) is 9.53. The molecule has 15 heavy (non-hydrogen) atoms. The van der Waals surface area contributed by atoms with E-state index in [1.165, 1.54) is 4.90 Å². The molecule has 0 aromatic heterocycles. The number of piperidine rings is 1. The van der Waals surface area contributed by atoms with Crippen LogP contribution in [0.15, 0.2) is 0 Å². The predicted octanol–water partition coefficient (Wildman–Crippen LogP) is 0.899. The number of hydrogen-bond acceptors (Lipinski definition) is 3. The Balaban J connectivity index is 2.39. The first kappa shape index (κ1) is 12.2. The van der Waals surface area contributed by atoms with Gasteiger partial charge in [-0.1, -0.05) is 6.92 Å². The minimum atomic E-state index is -0.0246. The number of imide groups is 1. The number of rotatable bonds is 4. The van der Waals surface area contributed by atoms with Crippen LogP contribution in [-0.4, -0.2) is 29.3 Å². The molecule has 0 aromatic carbocycles. The average Bonchev–Trinajstić information content (AvgIpc) is 2.08. The second-order valence-electron chi connectivity index (χ2n) is 4.57. The number of carbonyl (C=O) groups is 2. The van der Waals surface area contributed by atoms with Gasteiger partial charge in [-0.2, -0.15) is 0 Å². The van der Waals surface area contributed by atoms with E-state index >= 15 is 0 Å². The van der Waals surface area contributed by atoms with E-state index in [2.05, 4.69) is 0 Å². The zero-order valence-corrected chi connectivity index (χ0v) is 9.53. The molecule has 86 valence electrons. The van der Waals surface area contributed by atoms with Crippen molar-refractivity contribution in [3.05, 3.63) is 0 Å². The highest BCUT2D eigenvalue weighted by molar-refractivity contribution is 5.97. The van der Waals surface area contributed by atoms with Crippen LogP contribution in [0.1, 0.15) is 39.5 Å². The van der Waals surface area contributed by atoms with Crippen LogP contribution in [0.3, 0.4) is 0 Å². The molecule has 1 fully saturated rings. The first-order valence-corrected chi connectivity index (χ1v) is 5.59. The lowest BCUT2D eigenvalue weighted by Gasteiger charge is -2.28. The van der Waals surface area contributed by atoms with Gasteiger partial charge in [-0.05, 0) is 25.7 Å². The van der Waals surface area contributed by atoms with Gasteiger partial charge < -0.3 is 5.73 Å². The number of nitrogens with zero attached hydrogens (tertiary/aromatic N) is 1. The van der Waals surface area contributed by atoms with Gasteiger partial charge in [0, 0.05) is 25.4 Å². The maximum absolute atomic E-state index is 11.6. The Morgan fingerprint density at radius 1 is 1.40 bits per heavy atom. The molecule has 2 amide bonds. The van der Waals surface area contributed by atoms with Crippen LogP contribution in [0, 0.1) is 5.92 Å². The van der Waals surface area contributed by atoms with Gasteiger partial charge in [-0.15, -0.1) is 0 Å². The normalized spacial score (nSPS) is 20.9. The molecular weight excluding hydrogens is 192 g/mol. The van der Waals surface area contributed by atoms with Crippen LogP contribution < -0.4 is 5.73 Å². The monoisotopic (exact) mass is 212 g/mol. The van der Waals surface area contributed by atoms with Crippen molar-refractivity contribution in [3.8, 4) is 0 Å². The van der Waals surface area contributed by atoms with E-state index in [-0.39, 0.29) is 23.8 Å². The van der Waals surface area contributed by atoms with Crippen LogP contribution in [0.2, 0.25) is 0 Å². The molecule has 1 saturated heterocycles. The minimum absolute atomic E-state index is 0.0246. The summed E-state index contributed by atoms with van der Waals surface area (Å²) in [4.78, 5) is 24.5. The Labute approximate surface area is 90.8 Å². The van der Waals surface area contributed by atoms with E-state index in [1.807, 2.05) is 13.8 Å². The number of amides is 2. The summed E-state index contributed by atoms with van der Waals surface area (Å²) in [6.07, 6.45) is 2.67. The lowest BCUT2D eigenvalue weighted by atomic mass is 9.97. The summed E-state index contributed by atoms with van der Waals surface area (Å²) in [5.74, 6) is 0.154. The topological polar surface area (TPSA) is 63.4 Å². The Kier molecular flexibility index (Phi) is 4.27. The molecule has 0 aliphatic carbocycles. The van der Waals surface area contributed by atoms with Gasteiger partial charge in [0.25, 0.3) is 0 Å². The quantitative estimate of drug-likeness (QED) is 0.704. The van der Waals surface area contributed by atoms with Gasteiger partial charge in [-0.25, -0.2) is 0 Å². The number of nitrogens with two attached hydrogens (primary N) is 1. The molecule has 0 radical (unpaired) electrons. The van der Waals surface area contributed by atoms with Gasteiger partial charge in [0.15, 0.2) is 0 Å². The van der Waals surface area contributed by atoms with Crippen molar-refractivity contribution in [1.29, 1.82) is 0 Å². The largest absolute Gasteiger partial charge is 0.328 e. The van der Waals surface area contributed by atoms with Crippen LogP contribution in [-0.2, 0) is 9.59 Å². The molecule has 4 nitrogen and oxygen atoms in total. The van der Waals surface area contributed by atoms with Gasteiger partial charge in [0.2, 0.25) is 11.8 Å². The second kappa shape index (κ2) is 5.26. The molecule has 0 aromatic rings. The molecule has 0 saturated carbocycles. The summed E-state index contributed by atoms with van der Waals surface area (Å²) < 4.78 is 0. The van der Waals surface area contributed by atoms with Crippen LogP contribution >= 0.6 is 0 Å². The lowest BCUT2D eigenvalue weighted by molar-refractivity contribution is -0.149. The summed E-state index contributed by atoms with van der Waals surface area (Å²) in [6, 6.07) is 0.138. The van der Waals surface area contributed by atoms with Crippen molar-refractivity contribution >= 4 is 11.8 Å². The molecule has 1 aliphatic rings. The molecule has 0 bridgehead atoms. The second-order valence-corrected chi connectivity index (χ2v) is 4.57. The van der Waals surface area contributed by atoms with E-state index < -0.39 is 0 Å². The summed E-state index contributed by atoms with van der Waals surface area (Å²) in [5, 5.41) is 0. The van der Waals surface area contributed by atoms with Gasteiger partial charge in [-0.3, -0.25) is 14.5 Å². The van der Waals surface area contributed by atoms with Gasteiger partial charge in [0.1, 0.15) is 0 Å². The average molecular weight is 212 g/mol. The molecule has 1 heterocycles. The van der Waals surface area contributed by atoms with Crippen molar-refractivity contribution in [1.82, 2.24) is 4.90 Å². The molecule has 0 spiro atoms. The fourth-order valence-corrected chi connectivity index (χ4v) is 1.85. The smallest absolute Gasteiger partial charge is 0.229 e. The molecule has 2 N–H and O–H groups in total. The third kappa shape index (κ3) is 3.63. The lowest BCUT2D eigenvalue weighted by Crippen LogP contribution is -2.43. The predicted molar refractivity (Wildman–Crippen MR) is 58.0 cm³/mol. The SMILES string of the molecule is CC(N)CCCN1C(=O)CC(C)CC1=O. The van der Waals surface area contributed by atoms with Crippen LogP contribution in [0.25, 0.3) is 0 Å². The highest BCUT2D eigenvalue weighted by Crippen LogP contribution is 2.19. The first-order valence-electron chi connectivity index (χ1n) is 5.59. The Morgan fingerprint density at radius 2 is 1.93 bits per heavy atom. The number of hydrogen-bond donors (Lipinski definition) is 1. The third-order valence-corrected chi connectivity index (χ3v) is 2.69. The molecule has 1 aliphatic heterocycles. The maximum atomic E-state index is 11.6. The van der Waals surface area contributed by atoms with E-state index in [9.17, 15) is 9.59 Å². The van der Waals surface area contributed by atoms with Gasteiger partial charge >= 0.3 is 0 Å². The minimum Gasteiger partial charge on any atom is -0.328 e. The third-order valence-electron chi connectivity index (χ3n) is 2.69. The highest BCUT2D eigenvalue weighted by atomic mass is 16.2. The van der Waals surface area contributed by atoms with Crippen molar-refractivity contribution < 1.29 is 9.59 Å². The van der Waals surface area contributed by atoms with Crippen LogP contribution in [0.4, 0.5) is 0 Å². The summed E-state index contributed by atoms with van der Waals surface area (Å²) in [6.45, 7) is 4.41. The summed E-state index contributed by atoms with van der Waals surface area (Å²) in [7, 11) is 0. The molecular formula is C11H20N2O2. The maximum Gasteiger partial charge on any atom is 0.229 e. The van der Waals surface area contributed by atoms with Crippen molar-refractivity contribution in [2.75, 3.05) is 6.54 Å². The van der Waals surface area contributed by atoms with E-state index in [1.54, 1.807) is 0 Å². The number of carbonyl (C=O) groups excluding carboxylic acids is 2. The van der Waals surface area contributed by atoms with E-state index in [0.717, 1.165) is 12.8 Å². The molecule has 1 rings (SSSR count). The first-order chi connectivity index (χ1) is 7.00. The van der Waals surface area contributed by atoms with Gasteiger partial charge in [0.05, 0.1) is 0 Å². The van der Waals surface area contributed by atoms with Crippen molar-refractivity contribution in [2.45, 2.75) is 45.6 Å². The zero-order chi connectivity index (χ0) is 11.4. The molecule has 1 atom stereocenters. The molecule has 4 heteroatoms. The fraction of sp³-hybridized carbons (Fsp3) is 0.818.